The fourth-order valence-corrected chi connectivity index (χ4v) is 4.29. The molecule has 1 aliphatic heterocycles. The normalized spacial score (nSPS) is 16.3. The SMILES string of the molecule is COC(=O)[C@@H]1CN(c2nc(C)nc3sc(C)c(C)c23)c2ccccc2O1. The van der Waals surface area contributed by atoms with Gasteiger partial charge in [-0.15, -0.1) is 11.3 Å². The van der Waals surface area contributed by atoms with E-state index in [0.29, 0.717) is 18.1 Å². The fraction of sp³-hybridized carbons (Fsp3) is 0.316. The first kappa shape index (κ1) is 16.8. The Balaban J connectivity index is 1.94. The van der Waals surface area contributed by atoms with Gasteiger partial charge in [-0.3, -0.25) is 0 Å². The summed E-state index contributed by atoms with van der Waals surface area (Å²) in [4.78, 5) is 25.7. The number of hydrogen-bond acceptors (Lipinski definition) is 7. The number of nitrogens with zero attached hydrogens (tertiary/aromatic N) is 3. The van der Waals surface area contributed by atoms with Crippen LogP contribution in [0.5, 0.6) is 5.75 Å². The Kier molecular flexibility index (Phi) is 4.03. The standard InChI is InChI=1S/C19H19N3O3S/c1-10-11(2)26-18-16(10)17(20-12(3)21-18)22-9-15(19(23)24-4)25-14-8-6-5-7-13(14)22/h5-8,15H,9H2,1-4H3/t15-/m0/s1. The van der Waals surface area contributed by atoms with E-state index in [1.807, 2.05) is 36.1 Å². The molecule has 0 bridgehead atoms. The molecular formula is C19H19N3O3S. The molecule has 3 aromatic rings. The van der Waals surface area contributed by atoms with Gasteiger partial charge in [0.15, 0.2) is 0 Å². The van der Waals surface area contributed by atoms with E-state index in [1.54, 1.807) is 11.3 Å². The highest BCUT2D eigenvalue weighted by Gasteiger charge is 2.34. The van der Waals surface area contributed by atoms with Crippen molar-refractivity contribution in [3.63, 3.8) is 0 Å². The average molecular weight is 369 g/mol. The van der Waals surface area contributed by atoms with Crippen molar-refractivity contribution >= 4 is 39.0 Å². The van der Waals surface area contributed by atoms with E-state index in [2.05, 4.69) is 18.8 Å². The molecule has 134 valence electrons. The number of hydrogen-bond donors (Lipinski definition) is 0. The van der Waals surface area contributed by atoms with Crippen LogP contribution in [0.3, 0.4) is 0 Å². The Labute approximate surface area is 155 Å². The number of aryl methyl sites for hydroxylation is 3. The van der Waals surface area contributed by atoms with Gasteiger partial charge in [0.2, 0.25) is 6.10 Å². The van der Waals surface area contributed by atoms with Crippen molar-refractivity contribution in [3.8, 4) is 5.75 Å². The largest absolute Gasteiger partial charge is 0.475 e. The van der Waals surface area contributed by atoms with Crippen LogP contribution in [0.4, 0.5) is 11.5 Å². The van der Waals surface area contributed by atoms with Gasteiger partial charge in [-0.1, -0.05) is 12.1 Å². The predicted molar refractivity (Wildman–Crippen MR) is 102 cm³/mol. The molecule has 0 amide bonds. The van der Waals surface area contributed by atoms with Crippen LogP contribution in [0.1, 0.15) is 16.3 Å². The fourth-order valence-electron chi connectivity index (χ4n) is 3.22. The minimum atomic E-state index is -0.708. The first-order valence-corrected chi connectivity index (χ1v) is 9.16. The second-order valence-electron chi connectivity index (χ2n) is 6.27. The summed E-state index contributed by atoms with van der Waals surface area (Å²) in [5.74, 6) is 1.75. The van der Waals surface area contributed by atoms with Gasteiger partial charge in [0.1, 0.15) is 22.2 Å². The molecule has 0 fully saturated rings. The van der Waals surface area contributed by atoms with Crippen LogP contribution in [-0.4, -0.2) is 35.7 Å². The molecule has 4 rings (SSSR count). The highest BCUT2D eigenvalue weighted by Crippen LogP contribution is 2.42. The molecule has 2 aromatic heterocycles. The number of esters is 1. The molecule has 0 aliphatic carbocycles. The number of carbonyl (C=O) groups is 1. The van der Waals surface area contributed by atoms with Gasteiger partial charge >= 0.3 is 5.97 Å². The van der Waals surface area contributed by atoms with Gasteiger partial charge in [0.25, 0.3) is 0 Å². The van der Waals surface area contributed by atoms with Gasteiger partial charge in [-0.2, -0.15) is 0 Å². The number of rotatable bonds is 2. The number of carbonyl (C=O) groups excluding carboxylic acids is 1. The number of benzene rings is 1. The van der Waals surface area contributed by atoms with E-state index in [9.17, 15) is 4.79 Å². The smallest absolute Gasteiger partial charge is 0.348 e. The summed E-state index contributed by atoms with van der Waals surface area (Å²) in [6.07, 6.45) is -0.708. The van der Waals surface area contributed by atoms with Crippen molar-refractivity contribution in [1.82, 2.24) is 9.97 Å². The molecule has 1 atom stereocenters. The van der Waals surface area contributed by atoms with Crippen LogP contribution in [0.2, 0.25) is 0 Å². The molecule has 6 nitrogen and oxygen atoms in total. The highest BCUT2D eigenvalue weighted by atomic mass is 32.1. The quantitative estimate of drug-likeness (QED) is 0.642. The zero-order valence-corrected chi connectivity index (χ0v) is 15.9. The van der Waals surface area contributed by atoms with Gasteiger partial charge in [0, 0.05) is 4.88 Å². The van der Waals surface area contributed by atoms with E-state index in [0.717, 1.165) is 21.7 Å². The Bertz CT molecular complexity index is 1010. The van der Waals surface area contributed by atoms with Gasteiger partial charge < -0.3 is 14.4 Å². The molecule has 1 aliphatic rings. The van der Waals surface area contributed by atoms with Crippen molar-refractivity contribution < 1.29 is 14.3 Å². The van der Waals surface area contributed by atoms with E-state index >= 15 is 0 Å². The maximum atomic E-state index is 12.2. The Morgan fingerprint density at radius 3 is 2.81 bits per heavy atom. The molecule has 1 aromatic carbocycles. The lowest BCUT2D eigenvalue weighted by Gasteiger charge is -2.34. The highest BCUT2D eigenvalue weighted by molar-refractivity contribution is 7.18. The average Bonchev–Trinajstić information content (AvgIpc) is 2.93. The summed E-state index contributed by atoms with van der Waals surface area (Å²) < 4.78 is 10.8. The number of anilines is 2. The third-order valence-electron chi connectivity index (χ3n) is 4.61. The number of para-hydroxylation sites is 2. The van der Waals surface area contributed by atoms with Crippen molar-refractivity contribution in [1.29, 1.82) is 0 Å². The zero-order valence-electron chi connectivity index (χ0n) is 15.1. The first-order valence-electron chi connectivity index (χ1n) is 8.35. The Morgan fingerprint density at radius 2 is 2.04 bits per heavy atom. The summed E-state index contributed by atoms with van der Waals surface area (Å²) in [6.45, 7) is 6.40. The van der Waals surface area contributed by atoms with Crippen LogP contribution in [0, 0.1) is 20.8 Å². The van der Waals surface area contributed by atoms with E-state index in [-0.39, 0.29) is 0 Å². The molecular weight excluding hydrogens is 350 g/mol. The molecule has 0 radical (unpaired) electrons. The summed E-state index contributed by atoms with van der Waals surface area (Å²) >= 11 is 1.66. The maximum Gasteiger partial charge on any atom is 0.348 e. The Morgan fingerprint density at radius 1 is 1.27 bits per heavy atom. The summed E-state index contributed by atoms with van der Waals surface area (Å²) in [6, 6.07) is 7.66. The number of methoxy groups -OCH3 is 1. The summed E-state index contributed by atoms with van der Waals surface area (Å²) in [5, 5.41) is 1.03. The molecule has 26 heavy (non-hydrogen) atoms. The maximum absolute atomic E-state index is 12.2. The van der Waals surface area contributed by atoms with E-state index in [4.69, 9.17) is 14.5 Å². The summed E-state index contributed by atoms with van der Waals surface area (Å²) in [5.41, 5.74) is 2.05. The van der Waals surface area contributed by atoms with E-state index < -0.39 is 12.1 Å². The molecule has 0 unspecified atom stereocenters. The second kappa shape index (κ2) is 6.25. The molecule has 3 heterocycles. The third-order valence-corrected chi connectivity index (χ3v) is 5.72. The molecule has 0 saturated heterocycles. The number of ether oxygens (including phenoxy) is 2. The predicted octanol–water partition coefficient (Wildman–Crippen LogP) is 3.69. The van der Waals surface area contributed by atoms with Crippen LogP contribution >= 0.6 is 11.3 Å². The van der Waals surface area contributed by atoms with Crippen LogP contribution in [-0.2, 0) is 9.53 Å². The van der Waals surface area contributed by atoms with Crippen molar-refractivity contribution in [2.75, 3.05) is 18.6 Å². The van der Waals surface area contributed by atoms with E-state index in [1.165, 1.54) is 17.6 Å². The molecule has 0 N–H and O–H groups in total. The number of aromatic nitrogens is 2. The lowest BCUT2D eigenvalue weighted by Crippen LogP contribution is -2.43. The van der Waals surface area contributed by atoms with Gasteiger partial charge in [0.05, 0.1) is 24.7 Å². The number of thiophene rings is 1. The zero-order chi connectivity index (χ0) is 18.4. The molecule has 0 saturated carbocycles. The van der Waals surface area contributed by atoms with Crippen LogP contribution in [0.25, 0.3) is 10.2 Å². The monoisotopic (exact) mass is 369 g/mol. The van der Waals surface area contributed by atoms with Gasteiger partial charge in [-0.25, -0.2) is 14.8 Å². The minimum Gasteiger partial charge on any atom is -0.475 e. The summed E-state index contributed by atoms with van der Waals surface area (Å²) in [7, 11) is 1.37. The minimum absolute atomic E-state index is 0.337. The molecule has 7 heteroatoms. The van der Waals surface area contributed by atoms with Crippen molar-refractivity contribution in [2.24, 2.45) is 0 Å². The lowest BCUT2D eigenvalue weighted by molar-refractivity contribution is -0.148. The van der Waals surface area contributed by atoms with Gasteiger partial charge in [-0.05, 0) is 38.5 Å². The first-order chi connectivity index (χ1) is 12.5. The Hall–Kier alpha value is -2.67. The number of fused-ring (bicyclic) bond motifs is 2. The van der Waals surface area contributed by atoms with Crippen molar-refractivity contribution in [3.05, 3.63) is 40.5 Å². The van der Waals surface area contributed by atoms with Crippen molar-refractivity contribution in [2.45, 2.75) is 26.9 Å². The third kappa shape index (κ3) is 2.59. The van der Waals surface area contributed by atoms with Crippen LogP contribution < -0.4 is 9.64 Å². The topological polar surface area (TPSA) is 64.5 Å². The second-order valence-corrected chi connectivity index (χ2v) is 7.47. The molecule has 0 spiro atoms. The lowest BCUT2D eigenvalue weighted by atomic mass is 10.1. The van der Waals surface area contributed by atoms with Crippen LogP contribution in [0.15, 0.2) is 24.3 Å².